The van der Waals surface area contributed by atoms with Gasteiger partial charge in [0.15, 0.2) is 7.28 Å². The number of benzene rings is 10. The summed E-state index contributed by atoms with van der Waals surface area (Å²) in [5, 5.41) is 11.9. The van der Waals surface area contributed by atoms with Crippen molar-refractivity contribution in [1.82, 2.24) is 4.57 Å². The molecular formula is C62H44BN3S. The number of nitrogens with zero attached hydrogens (tertiary/aromatic N) is 2. The highest BCUT2D eigenvalue weighted by Crippen LogP contribution is 2.53. The molecule has 12 aromatic rings. The fraction of sp³-hybridized carbons (Fsp3) is 0.0645. The fourth-order valence-corrected chi connectivity index (χ4v) is 12.8. The Kier molecular flexibility index (Phi) is 8.21. The second kappa shape index (κ2) is 14.3. The van der Waals surface area contributed by atoms with Crippen molar-refractivity contribution < 1.29 is 0 Å². The van der Waals surface area contributed by atoms with Crippen LogP contribution in [0.1, 0.15) is 30.5 Å². The minimum Gasteiger partial charge on any atom is -0.355 e. The molecule has 0 spiro atoms. The van der Waals surface area contributed by atoms with Crippen molar-refractivity contribution in [1.29, 1.82) is 0 Å². The van der Waals surface area contributed by atoms with E-state index in [-0.39, 0.29) is 5.41 Å². The van der Waals surface area contributed by atoms with Crippen molar-refractivity contribution in [3.63, 3.8) is 0 Å². The average molecular weight is 874 g/mol. The first kappa shape index (κ1) is 38.4. The van der Waals surface area contributed by atoms with Crippen LogP contribution in [0.2, 0.25) is 0 Å². The first-order valence-electron chi connectivity index (χ1n) is 23.4. The van der Waals surface area contributed by atoms with Crippen LogP contribution in [0.25, 0.3) is 80.7 Å². The third-order valence-electron chi connectivity index (χ3n) is 14.8. The van der Waals surface area contributed by atoms with Crippen LogP contribution < -0.4 is 21.1 Å². The highest BCUT2D eigenvalue weighted by molar-refractivity contribution is 7.25. The van der Waals surface area contributed by atoms with Crippen LogP contribution in [0.3, 0.4) is 0 Å². The highest BCUT2D eigenvalue weighted by atomic mass is 32.1. The zero-order valence-electron chi connectivity index (χ0n) is 37.6. The van der Waals surface area contributed by atoms with Crippen LogP contribution in [0.15, 0.2) is 200 Å². The summed E-state index contributed by atoms with van der Waals surface area (Å²) in [5.41, 5.74) is 20.9. The number of aryl methyl sites for hydroxylation is 1. The maximum Gasteiger partial charge on any atom is 0.198 e. The lowest BCUT2D eigenvalue weighted by Gasteiger charge is -2.38. The molecule has 3 nitrogen and oxygen atoms in total. The van der Waals surface area contributed by atoms with Crippen LogP contribution in [0.5, 0.6) is 0 Å². The number of rotatable bonds is 7. The Morgan fingerprint density at radius 2 is 1.24 bits per heavy atom. The van der Waals surface area contributed by atoms with Crippen LogP contribution in [0.4, 0.5) is 28.4 Å². The molecule has 0 amide bonds. The van der Waals surface area contributed by atoms with E-state index in [1.54, 1.807) is 0 Å². The summed E-state index contributed by atoms with van der Waals surface area (Å²) in [4.78, 5) is 2.36. The Hall–Kier alpha value is -7.86. The summed E-state index contributed by atoms with van der Waals surface area (Å²) in [6.07, 6.45) is 0. The number of fused-ring (bicyclic) bond motifs is 6. The molecule has 0 saturated heterocycles. The standard InChI is InChI=1S/C62H44BN3S/c1-37-25-28-40(29-26-37)64-53-35-43(65(41-16-6-4-7-17-41)42-18-8-5-9-19-42)30-32-45(53)49-36-48(39-27-31-47-46-21-12-13-24-54(46)67-55(47)34-39)57-56-44-20-11-10-15-38(44)33-51-60(56)66-59-50(62(51,2)3)22-14-23-52(59)63-58(49)61(57)66/h4-36,63-64H,1-3H3. The van der Waals surface area contributed by atoms with E-state index < -0.39 is 0 Å². The highest BCUT2D eigenvalue weighted by Gasteiger charge is 2.40. The molecule has 316 valence electrons. The number of anilines is 5. The number of thiophene rings is 1. The quantitative estimate of drug-likeness (QED) is 0.161. The molecule has 10 aromatic carbocycles. The van der Waals surface area contributed by atoms with Gasteiger partial charge in [-0.2, -0.15) is 0 Å². The average Bonchev–Trinajstić information content (AvgIpc) is 3.92. The van der Waals surface area contributed by atoms with E-state index in [4.69, 9.17) is 0 Å². The van der Waals surface area contributed by atoms with Gasteiger partial charge in [-0.3, -0.25) is 0 Å². The lowest BCUT2D eigenvalue weighted by atomic mass is 9.57. The number of hydrogen-bond acceptors (Lipinski definition) is 3. The molecule has 67 heavy (non-hydrogen) atoms. The summed E-state index contributed by atoms with van der Waals surface area (Å²) in [5.74, 6) is 0. The van der Waals surface area contributed by atoms with Gasteiger partial charge >= 0.3 is 0 Å². The second-order valence-corrected chi connectivity index (χ2v) is 20.1. The van der Waals surface area contributed by atoms with Crippen molar-refractivity contribution in [3.05, 3.63) is 217 Å². The molecule has 4 heterocycles. The predicted octanol–water partition coefficient (Wildman–Crippen LogP) is 15.5. The van der Waals surface area contributed by atoms with Crippen molar-refractivity contribution in [2.24, 2.45) is 0 Å². The smallest absolute Gasteiger partial charge is 0.198 e. The van der Waals surface area contributed by atoms with E-state index in [1.165, 1.54) is 108 Å². The molecule has 0 radical (unpaired) electrons. The monoisotopic (exact) mass is 873 g/mol. The zero-order chi connectivity index (χ0) is 44.5. The van der Waals surface area contributed by atoms with Crippen molar-refractivity contribution in [2.45, 2.75) is 26.2 Å². The van der Waals surface area contributed by atoms with Crippen molar-refractivity contribution >= 4 is 111 Å². The molecule has 0 fully saturated rings. The Morgan fingerprint density at radius 1 is 0.522 bits per heavy atom. The molecule has 2 aliphatic rings. The molecule has 1 N–H and O–H groups in total. The number of hydrogen-bond donors (Lipinski definition) is 1. The van der Waals surface area contributed by atoms with E-state index in [0.29, 0.717) is 0 Å². The van der Waals surface area contributed by atoms with E-state index in [2.05, 4.69) is 236 Å². The SMILES string of the molecule is Cc1ccc(Nc2cc(N(c3ccccc3)c3ccccc3)ccc2-c2cc(-c3ccc4c(c3)sc3ccccc34)c3c4c5ccccc5cc5c4n4c3c2Bc2cccc(c2-4)C5(C)C)cc1. The number of nitrogens with one attached hydrogen (secondary N) is 1. The van der Waals surface area contributed by atoms with E-state index >= 15 is 0 Å². The van der Waals surface area contributed by atoms with Crippen LogP contribution in [0, 0.1) is 6.92 Å². The summed E-state index contributed by atoms with van der Waals surface area (Å²) in [6, 6.07) is 74.5. The molecule has 0 saturated carbocycles. The maximum atomic E-state index is 3.99. The third-order valence-corrected chi connectivity index (χ3v) is 15.9. The summed E-state index contributed by atoms with van der Waals surface area (Å²) < 4.78 is 5.33. The molecule has 2 aromatic heterocycles. The minimum absolute atomic E-state index is 0.196. The van der Waals surface area contributed by atoms with Gasteiger partial charge in [-0.1, -0.05) is 152 Å². The number of aromatic nitrogens is 1. The molecule has 0 atom stereocenters. The Bertz CT molecular complexity index is 3970. The Balaban J connectivity index is 1.12. The van der Waals surface area contributed by atoms with Gasteiger partial charge in [0, 0.05) is 81.6 Å². The van der Waals surface area contributed by atoms with Gasteiger partial charge < -0.3 is 14.8 Å². The fourth-order valence-electron chi connectivity index (χ4n) is 11.6. The first-order chi connectivity index (χ1) is 32.9. The topological polar surface area (TPSA) is 20.2 Å². The van der Waals surface area contributed by atoms with Gasteiger partial charge in [-0.25, -0.2) is 0 Å². The predicted molar refractivity (Wildman–Crippen MR) is 290 cm³/mol. The Labute approximate surface area is 394 Å². The van der Waals surface area contributed by atoms with Crippen LogP contribution in [-0.2, 0) is 5.41 Å². The molecule has 0 bridgehead atoms. The maximum absolute atomic E-state index is 3.99. The van der Waals surface area contributed by atoms with Gasteiger partial charge in [-0.05, 0) is 124 Å². The third kappa shape index (κ3) is 5.65. The largest absolute Gasteiger partial charge is 0.355 e. The van der Waals surface area contributed by atoms with Crippen molar-refractivity contribution in [3.8, 4) is 27.9 Å². The van der Waals surface area contributed by atoms with Crippen molar-refractivity contribution in [2.75, 3.05) is 10.2 Å². The Morgan fingerprint density at radius 3 is 2.03 bits per heavy atom. The van der Waals surface area contributed by atoms with Gasteiger partial charge in [0.1, 0.15) is 0 Å². The summed E-state index contributed by atoms with van der Waals surface area (Å²) >= 11 is 1.89. The lowest BCUT2D eigenvalue weighted by molar-refractivity contribution is 0.632. The van der Waals surface area contributed by atoms with Gasteiger partial charge in [0.05, 0.1) is 5.52 Å². The molecule has 0 aliphatic carbocycles. The number of para-hydroxylation sites is 3. The van der Waals surface area contributed by atoms with E-state index in [1.807, 2.05) is 11.3 Å². The van der Waals surface area contributed by atoms with Crippen LogP contribution >= 0.6 is 11.3 Å². The molecule has 5 heteroatoms. The normalized spacial score (nSPS) is 13.2. The van der Waals surface area contributed by atoms with E-state index in [0.717, 1.165) is 35.7 Å². The first-order valence-corrected chi connectivity index (χ1v) is 24.2. The minimum atomic E-state index is -0.196. The second-order valence-electron chi connectivity index (χ2n) is 19.0. The van der Waals surface area contributed by atoms with Crippen LogP contribution in [-0.4, -0.2) is 11.8 Å². The van der Waals surface area contributed by atoms with Gasteiger partial charge in [0.25, 0.3) is 0 Å². The van der Waals surface area contributed by atoms with E-state index in [9.17, 15) is 0 Å². The van der Waals surface area contributed by atoms with Gasteiger partial charge in [-0.15, -0.1) is 11.3 Å². The lowest BCUT2D eigenvalue weighted by Crippen LogP contribution is -2.41. The molecule has 2 aliphatic heterocycles. The summed E-state index contributed by atoms with van der Waals surface area (Å²) in [6.45, 7) is 7.02. The zero-order valence-corrected chi connectivity index (χ0v) is 38.4. The van der Waals surface area contributed by atoms with Gasteiger partial charge in [0.2, 0.25) is 0 Å². The summed E-state index contributed by atoms with van der Waals surface area (Å²) in [7, 11) is 0.830. The molecule has 14 rings (SSSR count). The molecule has 0 unspecified atom stereocenters. The molecular weight excluding hydrogens is 830 g/mol.